The first-order valence-corrected chi connectivity index (χ1v) is 5.42. The molecule has 0 aliphatic carbocycles. The highest BCUT2D eigenvalue weighted by atomic mass is 16.5. The molecule has 2 rings (SSSR count). The molecule has 0 saturated carbocycles. The van der Waals surface area contributed by atoms with Gasteiger partial charge in [-0.05, 0) is 23.3 Å². The Morgan fingerprint density at radius 1 is 1.56 bits per heavy atom. The Bertz CT molecular complexity index is 536. The summed E-state index contributed by atoms with van der Waals surface area (Å²) in [6, 6.07) is 5.19. The van der Waals surface area contributed by atoms with Crippen molar-refractivity contribution in [1.29, 1.82) is 0 Å². The highest BCUT2D eigenvalue weighted by molar-refractivity contribution is 5.98. The normalized spacial score (nSPS) is 13.8. The number of nitrogens with zero attached hydrogens (tertiary/aromatic N) is 1. The molecule has 0 spiro atoms. The minimum Gasteiger partial charge on any atom is -0.482 e. The van der Waals surface area contributed by atoms with E-state index in [-0.39, 0.29) is 18.9 Å². The highest BCUT2D eigenvalue weighted by Crippen LogP contribution is 2.34. The van der Waals surface area contributed by atoms with Crippen LogP contribution in [0.25, 0.3) is 5.57 Å². The van der Waals surface area contributed by atoms with Crippen molar-refractivity contribution in [2.75, 3.05) is 18.6 Å². The number of carboxylic acids is 1. The molecule has 0 fully saturated rings. The number of likely N-dealkylation sites (N-methyl/N-ethyl adjacent to an activating group) is 1. The second-order valence-corrected chi connectivity index (χ2v) is 4.10. The molecule has 0 unspecified atom stereocenters. The molecule has 0 bridgehead atoms. The number of hydrogen-bond acceptors (Lipinski definition) is 3. The molecule has 5 heteroatoms. The third kappa shape index (κ3) is 2.20. The van der Waals surface area contributed by atoms with Gasteiger partial charge in [-0.2, -0.15) is 0 Å². The Hall–Kier alpha value is -2.30. The summed E-state index contributed by atoms with van der Waals surface area (Å²) in [6.45, 7) is 3.76. The van der Waals surface area contributed by atoms with Gasteiger partial charge in [-0.25, -0.2) is 0 Å². The topological polar surface area (TPSA) is 66.8 Å². The first-order chi connectivity index (χ1) is 8.49. The maximum atomic E-state index is 11.5. The summed E-state index contributed by atoms with van der Waals surface area (Å²) in [6.07, 6.45) is -0.128. The van der Waals surface area contributed by atoms with Crippen molar-refractivity contribution < 1.29 is 19.4 Å². The molecule has 94 valence electrons. The fraction of sp³-hybridized carbons (Fsp3) is 0.231. The number of fused-ring (bicyclic) bond motifs is 1. The van der Waals surface area contributed by atoms with Crippen LogP contribution in [-0.2, 0) is 9.59 Å². The monoisotopic (exact) mass is 247 g/mol. The molecular weight excluding hydrogens is 234 g/mol. The van der Waals surface area contributed by atoms with E-state index in [1.54, 1.807) is 25.2 Å². The lowest BCUT2D eigenvalue weighted by Crippen LogP contribution is -2.35. The van der Waals surface area contributed by atoms with Gasteiger partial charge in [0.15, 0.2) is 6.61 Å². The molecule has 18 heavy (non-hydrogen) atoms. The van der Waals surface area contributed by atoms with Crippen LogP contribution in [0.15, 0.2) is 24.8 Å². The summed E-state index contributed by atoms with van der Waals surface area (Å²) in [5.41, 5.74) is 1.83. The molecule has 5 nitrogen and oxygen atoms in total. The van der Waals surface area contributed by atoms with Crippen molar-refractivity contribution in [3.05, 3.63) is 30.3 Å². The molecule has 0 atom stereocenters. The number of anilines is 1. The molecule has 1 N–H and O–H groups in total. The second-order valence-electron chi connectivity index (χ2n) is 4.10. The predicted molar refractivity (Wildman–Crippen MR) is 66.6 cm³/mol. The molecule has 1 aliphatic heterocycles. The largest absolute Gasteiger partial charge is 0.482 e. The quantitative estimate of drug-likeness (QED) is 0.879. The number of carbonyl (C=O) groups is 2. The van der Waals surface area contributed by atoms with Gasteiger partial charge in [0.2, 0.25) is 0 Å². The molecule has 1 amide bonds. The zero-order valence-corrected chi connectivity index (χ0v) is 9.97. The molecular formula is C13H13NO4. The summed E-state index contributed by atoms with van der Waals surface area (Å²) in [5.74, 6) is -0.453. The van der Waals surface area contributed by atoms with E-state index in [0.29, 0.717) is 22.6 Å². The minimum absolute atomic E-state index is 0.0267. The Morgan fingerprint density at radius 2 is 2.28 bits per heavy atom. The zero-order chi connectivity index (χ0) is 13.3. The van der Waals surface area contributed by atoms with E-state index in [9.17, 15) is 9.59 Å². The van der Waals surface area contributed by atoms with E-state index in [2.05, 4.69) is 6.58 Å². The third-order valence-electron chi connectivity index (χ3n) is 2.82. The minimum atomic E-state index is -0.932. The lowest BCUT2D eigenvalue weighted by molar-refractivity contribution is -0.135. The SMILES string of the molecule is C=C(CC(=O)O)c1ccc2c(c1)N(C)C(=O)CO2. The first kappa shape index (κ1) is 12.2. The van der Waals surface area contributed by atoms with Gasteiger partial charge in [0.05, 0.1) is 12.1 Å². The number of carbonyl (C=O) groups excluding carboxylic acids is 1. The Balaban J connectivity index is 2.34. The molecule has 0 radical (unpaired) electrons. The standard InChI is InChI=1S/C13H13NO4/c1-8(5-13(16)17)9-3-4-11-10(6-9)14(2)12(15)7-18-11/h3-4,6H,1,5,7H2,2H3,(H,16,17). The fourth-order valence-electron chi connectivity index (χ4n) is 1.78. The maximum absolute atomic E-state index is 11.5. The second kappa shape index (κ2) is 4.52. The number of benzene rings is 1. The Labute approximate surface area is 104 Å². The van der Waals surface area contributed by atoms with Crippen LogP contribution >= 0.6 is 0 Å². The van der Waals surface area contributed by atoms with Gasteiger partial charge < -0.3 is 14.7 Å². The van der Waals surface area contributed by atoms with Crippen molar-refractivity contribution >= 4 is 23.1 Å². The predicted octanol–water partition coefficient (Wildman–Crippen LogP) is 1.53. The number of amides is 1. The fourth-order valence-corrected chi connectivity index (χ4v) is 1.78. The van der Waals surface area contributed by atoms with Gasteiger partial charge >= 0.3 is 5.97 Å². The van der Waals surface area contributed by atoms with Crippen LogP contribution < -0.4 is 9.64 Å². The van der Waals surface area contributed by atoms with Crippen LogP contribution in [0, 0.1) is 0 Å². The van der Waals surface area contributed by atoms with Crippen LogP contribution in [-0.4, -0.2) is 30.6 Å². The molecule has 0 saturated heterocycles. The van der Waals surface area contributed by atoms with Crippen LogP contribution in [0.3, 0.4) is 0 Å². The van der Waals surface area contributed by atoms with Gasteiger partial charge in [-0.1, -0.05) is 12.6 Å². The number of hydrogen-bond donors (Lipinski definition) is 1. The van der Waals surface area contributed by atoms with Crippen molar-refractivity contribution in [2.45, 2.75) is 6.42 Å². The average Bonchev–Trinajstić information content (AvgIpc) is 2.33. The van der Waals surface area contributed by atoms with Gasteiger partial charge in [0.1, 0.15) is 5.75 Å². The summed E-state index contributed by atoms with van der Waals surface area (Å²) >= 11 is 0. The van der Waals surface area contributed by atoms with E-state index >= 15 is 0 Å². The number of aliphatic carboxylic acids is 1. The van der Waals surface area contributed by atoms with E-state index in [4.69, 9.17) is 9.84 Å². The Kier molecular flexibility index (Phi) is 3.06. The van der Waals surface area contributed by atoms with Crippen LogP contribution in [0.4, 0.5) is 5.69 Å². The van der Waals surface area contributed by atoms with E-state index < -0.39 is 5.97 Å². The summed E-state index contributed by atoms with van der Waals surface area (Å²) in [7, 11) is 1.66. The average molecular weight is 247 g/mol. The van der Waals surface area contributed by atoms with Crippen LogP contribution in [0.2, 0.25) is 0 Å². The smallest absolute Gasteiger partial charge is 0.307 e. The van der Waals surface area contributed by atoms with E-state index in [1.165, 1.54) is 4.90 Å². The summed E-state index contributed by atoms with van der Waals surface area (Å²) in [5, 5.41) is 8.73. The highest BCUT2D eigenvalue weighted by Gasteiger charge is 2.22. The van der Waals surface area contributed by atoms with Gasteiger partial charge in [0.25, 0.3) is 5.91 Å². The molecule has 0 aromatic heterocycles. The summed E-state index contributed by atoms with van der Waals surface area (Å²) < 4.78 is 5.28. The van der Waals surface area contributed by atoms with Crippen LogP contribution in [0.5, 0.6) is 5.75 Å². The number of rotatable bonds is 3. The molecule has 1 aromatic carbocycles. The summed E-state index contributed by atoms with van der Waals surface area (Å²) in [4.78, 5) is 23.6. The lowest BCUT2D eigenvalue weighted by Gasteiger charge is -2.26. The number of ether oxygens (including phenoxy) is 1. The molecule has 1 aliphatic rings. The van der Waals surface area contributed by atoms with Crippen molar-refractivity contribution in [3.63, 3.8) is 0 Å². The van der Waals surface area contributed by atoms with Gasteiger partial charge in [0, 0.05) is 7.05 Å². The number of carboxylic acid groups (broad SMARTS) is 1. The van der Waals surface area contributed by atoms with Gasteiger partial charge in [-0.3, -0.25) is 9.59 Å². The van der Waals surface area contributed by atoms with E-state index in [0.717, 1.165) is 0 Å². The third-order valence-corrected chi connectivity index (χ3v) is 2.82. The first-order valence-electron chi connectivity index (χ1n) is 5.42. The lowest BCUT2D eigenvalue weighted by atomic mass is 10.0. The Morgan fingerprint density at radius 3 is 2.94 bits per heavy atom. The van der Waals surface area contributed by atoms with Crippen molar-refractivity contribution in [2.24, 2.45) is 0 Å². The zero-order valence-electron chi connectivity index (χ0n) is 9.97. The maximum Gasteiger partial charge on any atom is 0.307 e. The van der Waals surface area contributed by atoms with E-state index in [1.807, 2.05) is 0 Å². The molecule has 1 heterocycles. The van der Waals surface area contributed by atoms with Crippen LogP contribution in [0.1, 0.15) is 12.0 Å². The van der Waals surface area contributed by atoms with Crippen molar-refractivity contribution in [1.82, 2.24) is 0 Å². The van der Waals surface area contributed by atoms with Gasteiger partial charge in [-0.15, -0.1) is 0 Å². The van der Waals surface area contributed by atoms with Crippen molar-refractivity contribution in [3.8, 4) is 5.75 Å². The molecule has 1 aromatic rings.